The maximum atomic E-state index is 13.0. The number of hydrogen-bond donors (Lipinski definition) is 1. The minimum Gasteiger partial charge on any atom is -0.321 e. The van der Waals surface area contributed by atoms with Gasteiger partial charge in [-0.05, 0) is 0 Å². The highest BCUT2D eigenvalue weighted by molar-refractivity contribution is 5.57. The Balaban J connectivity index is 0. The van der Waals surface area contributed by atoms with Crippen LogP contribution in [0.15, 0.2) is 0 Å². The molecule has 0 saturated heterocycles. The van der Waals surface area contributed by atoms with Crippen molar-refractivity contribution in [1.29, 1.82) is 0 Å². The molecule has 7 heteroatoms. The van der Waals surface area contributed by atoms with Crippen LogP contribution in [0.2, 0.25) is 0 Å². The first kappa shape index (κ1) is 16.5. The van der Waals surface area contributed by atoms with Crippen LogP contribution in [0.3, 0.4) is 0 Å². The smallest absolute Gasteiger partial charge is 0.200 e. The fraction of sp³-hybridized carbons (Fsp3) is 0.364. The number of carbonyl (C=O) groups excluding carboxylic acids is 1. The number of benzene rings is 1. The summed E-state index contributed by atoms with van der Waals surface area (Å²) in [5, 5.41) is 0. The Morgan fingerprint density at radius 1 is 1.00 bits per heavy atom. The van der Waals surface area contributed by atoms with Gasteiger partial charge in [-0.1, -0.05) is 13.8 Å². The average molecular weight is 271 g/mol. The van der Waals surface area contributed by atoms with Gasteiger partial charge in [0.1, 0.15) is 6.29 Å². The van der Waals surface area contributed by atoms with E-state index < -0.39 is 47.1 Å². The number of hydrogen-bond acceptors (Lipinski definition) is 2. The molecule has 0 bridgehead atoms. The van der Waals surface area contributed by atoms with Gasteiger partial charge in [-0.15, -0.1) is 0 Å². The predicted octanol–water partition coefficient (Wildman–Crippen LogP) is 2.72. The van der Waals surface area contributed by atoms with Crippen LogP contribution in [0.5, 0.6) is 0 Å². The molecular formula is C11H14F5NO. The zero-order valence-electron chi connectivity index (χ0n) is 9.74. The van der Waals surface area contributed by atoms with Crippen molar-refractivity contribution in [2.75, 3.05) is 0 Å². The second-order valence-corrected chi connectivity index (χ2v) is 3.05. The van der Waals surface area contributed by atoms with Crippen molar-refractivity contribution in [3.8, 4) is 0 Å². The van der Waals surface area contributed by atoms with E-state index in [1.807, 2.05) is 13.8 Å². The summed E-state index contributed by atoms with van der Waals surface area (Å²) in [5.74, 6) is -10.3. The van der Waals surface area contributed by atoms with E-state index in [1.54, 1.807) is 0 Å². The quantitative estimate of drug-likeness (QED) is 0.397. The number of carbonyl (C=O) groups is 1. The lowest BCUT2D eigenvalue weighted by Crippen LogP contribution is -2.26. The molecule has 0 unspecified atom stereocenters. The van der Waals surface area contributed by atoms with Gasteiger partial charge < -0.3 is 10.5 Å². The summed E-state index contributed by atoms with van der Waals surface area (Å²) >= 11 is 0. The normalized spacial score (nSPS) is 11.6. The predicted molar refractivity (Wildman–Crippen MR) is 57.4 cm³/mol. The molecule has 18 heavy (non-hydrogen) atoms. The van der Waals surface area contributed by atoms with Crippen molar-refractivity contribution in [3.63, 3.8) is 0 Å². The lowest BCUT2D eigenvalue weighted by Gasteiger charge is -2.09. The van der Waals surface area contributed by atoms with Gasteiger partial charge >= 0.3 is 0 Å². The summed E-state index contributed by atoms with van der Waals surface area (Å²) in [6.45, 7) is 4.00. The molecule has 1 rings (SSSR count). The van der Waals surface area contributed by atoms with Gasteiger partial charge in [-0.3, -0.25) is 0 Å². The van der Waals surface area contributed by atoms with Crippen molar-refractivity contribution >= 4 is 6.29 Å². The fourth-order valence-electron chi connectivity index (χ4n) is 1.11. The molecule has 1 atom stereocenters. The number of aldehydes is 1. The van der Waals surface area contributed by atoms with Crippen molar-refractivity contribution in [1.82, 2.24) is 0 Å². The van der Waals surface area contributed by atoms with Gasteiger partial charge in [0.05, 0.1) is 6.04 Å². The molecule has 0 aliphatic carbocycles. The first-order chi connectivity index (χ1) is 8.40. The Morgan fingerprint density at radius 3 is 1.67 bits per heavy atom. The third-order valence-corrected chi connectivity index (χ3v) is 1.92. The van der Waals surface area contributed by atoms with Crippen LogP contribution in [0.1, 0.15) is 20.8 Å². The Bertz CT molecular complexity index is 413. The molecular weight excluding hydrogens is 257 g/mol. The third kappa shape index (κ3) is 3.25. The average Bonchev–Trinajstić information content (AvgIpc) is 2.41. The molecule has 1 aromatic carbocycles. The highest BCUT2D eigenvalue weighted by Crippen LogP contribution is 2.23. The molecule has 2 nitrogen and oxygen atoms in total. The summed E-state index contributed by atoms with van der Waals surface area (Å²) in [5.41, 5.74) is 3.95. The summed E-state index contributed by atoms with van der Waals surface area (Å²) in [6.07, 6.45) is -0.604. The van der Waals surface area contributed by atoms with Crippen molar-refractivity contribution in [2.45, 2.75) is 26.3 Å². The number of rotatable bonds is 3. The molecule has 0 radical (unpaired) electrons. The van der Waals surface area contributed by atoms with Gasteiger partial charge in [-0.2, -0.15) is 0 Å². The summed E-state index contributed by atoms with van der Waals surface area (Å²) in [4.78, 5) is 10.1. The first-order valence-corrected chi connectivity index (χ1v) is 5.11. The zero-order chi connectivity index (χ0) is 14.5. The molecule has 0 heterocycles. The second-order valence-electron chi connectivity index (χ2n) is 3.05. The van der Waals surface area contributed by atoms with Crippen molar-refractivity contribution in [3.05, 3.63) is 34.6 Å². The molecule has 1 aromatic rings. The molecule has 0 aromatic heterocycles. The van der Waals surface area contributed by atoms with Crippen LogP contribution < -0.4 is 5.73 Å². The Labute approximate surface area is 102 Å². The van der Waals surface area contributed by atoms with Gasteiger partial charge in [0.25, 0.3) is 0 Å². The van der Waals surface area contributed by atoms with E-state index in [9.17, 15) is 26.7 Å². The van der Waals surface area contributed by atoms with Crippen molar-refractivity contribution < 1.29 is 28.2 Å². The molecule has 104 valence electrons. The van der Waals surface area contributed by atoms with E-state index in [-0.39, 0.29) is 7.71 Å². The topological polar surface area (TPSA) is 43.1 Å². The molecule has 0 fully saturated rings. The van der Waals surface area contributed by atoms with E-state index in [1.165, 1.54) is 0 Å². The van der Waals surface area contributed by atoms with Gasteiger partial charge in [0.2, 0.25) is 5.82 Å². The molecule has 0 aliphatic rings. The second kappa shape index (κ2) is 7.05. The number of halogens is 5. The highest BCUT2D eigenvalue weighted by atomic mass is 19.2. The van der Waals surface area contributed by atoms with Gasteiger partial charge in [-0.25, -0.2) is 22.0 Å². The molecule has 0 amide bonds. The number of nitrogens with two attached hydrogens (primary N) is 1. The van der Waals surface area contributed by atoms with Crippen LogP contribution in [-0.4, -0.2) is 12.3 Å². The maximum absolute atomic E-state index is 13.0. The van der Waals surface area contributed by atoms with Crippen LogP contribution in [0.25, 0.3) is 0 Å². The van der Waals surface area contributed by atoms with Crippen LogP contribution in [0.4, 0.5) is 22.0 Å². The Kier molecular flexibility index (Phi) is 6.46. The zero-order valence-corrected chi connectivity index (χ0v) is 9.74. The largest absolute Gasteiger partial charge is 0.321 e. The van der Waals surface area contributed by atoms with Gasteiger partial charge in [0, 0.05) is 13.4 Å². The minimum atomic E-state index is -2.24. The van der Waals surface area contributed by atoms with E-state index in [2.05, 4.69) is 0 Å². The monoisotopic (exact) mass is 271 g/mol. The summed E-state index contributed by atoms with van der Waals surface area (Å²) < 4.78 is 63.9. The molecule has 0 saturated carbocycles. The van der Waals surface area contributed by atoms with E-state index in [4.69, 9.17) is 5.73 Å². The van der Waals surface area contributed by atoms with E-state index in [0.717, 1.165) is 0 Å². The summed E-state index contributed by atoms with van der Waals surface area (Å²) in [6, 6.07) is -1.33. The summed E-state index contributed by atoms with van der Waals surface area (Å²) in [7, 11) is 0. The first-order valence-electron chi connectivity index (χ1n) is 5.11. The fourth-order valence-corrected chi connectivity index (χ4v) is 1.11. The lowest BCUT2D eigenvalue weighted by atomic mass is 10.1. The Hall–Kier alpha value is -1.50. The van der Waals surface area contributed by atoms with E-state index in [0.29, 0.717) is 0 Å². The molecule has 0 spiro atoms. The highest BCUT2D eigenvalue weighted by Gasteiger charge is 2.26. The maximum Gasteiger partial charge on any atom is 0.200 e. The molecule has 2 N–H and O–H groups in total. The standard InChI is InChI=1S/C9H6F5NO.C2H6.H2/c10-5-4(1-3(15)2-16)6(11)8(13)9(14)7(5)12;1-2;/h2-3H,1,15H2;1-2H3;1H/t3-;;/m0../s1. The van der Waals surface area contributed by atoms with Crippen LogP contribution in [-0.2, 0) is 11.2 Å². The SMILES string of the molecule is CC.N[C@H](C=O)Cc1c(F)c(F)c(F)c(F)c1F.[HH]. The molecule has 0 aliphatic heterocycles. The minimum absolute atomic E-state index is 0. The Morgan fingerprint density at radius 2 is 1.33 bits per heavy atom. The van der Waals surface area contributed by atoms with Crippen molar-refractivity contribution in [2.24, 2.45) is 5.73 Å². The van der Waals surface area contributed by atoms with Gasteiger partial charge in [0.15, 0.2) is 23.3 Å². The van der Waals surface area contributed by atoms with E-state index >= 15 is 0 Å². The third-order valence-electron chi connectivity index (χ3n) is 1.92. The lowest BCUT2D eigenvalue weighted by molar-refractivity contribution is -0.108. The van der Waals surface area contributed by atoms with Crippen LogP contribution in [0, 0.1) is 29.1 Å². The van der Waals surface area contributed by atoms with Crippen LogP contribution >= 0.6 is 0 Å².